The second-order valence-electron chi connectivity index (χ2n) is 7.32. The van der Waals surface area contributed by atoms with Crippen molar-refractivity contribution < 1.29 is 9.53 Å². The summed E-state index contributed by atoms with van der Waals surface area (Å²) >= 11 is 0. The molecule has 116 valence electrons. The van der Waals surface area contributed by atoms with Gasteiger partial charge in [-0.15, -0.1) is 0 Å². The predicted molar refractivity (Wildman–Crippen MR) is 79.7 cm³/mol. The van der Waals surface area contributed by atoms with Gasteiger partial charge >= 0.3 is 0 Å². The van der Waals surface area contributed by atoms with Gasteiger partial charge in [0.05, 0.1) is 12.2 Å². The topological polar surface area (TPSA) is 53.6 Å². The van der Waals surface area contributed by atoms with E-state index >= 15 is 0 Å². The van der Waals surface area contributed by atoms with E-state index < -0.39 is 5.60 Å². The molecule has 0 aromatic rings. The summed E-state index contributed by atoms with van der Waals surface area (Å²) in [6.45, 7) is 13.8. The van der Waals surface area contributed by atoms with E-state index in [0.29, 0.717) is 18.6 Å². The molecule has 0 aromatic carbocycles. The maximum atomic E-state index is 12.2. The van der Waals surface area contributed by atoms with Crippen molar-refractivity contribution in [3.63, 3.8) is 0 Å². The van der Waals surface area contributed by atoms with Crippen LogP contribution in [0.25, 0.3) is 0 Å². The van der Waals surface area contributed by atoms with E-state index in [1.807, 2.05) is 13.8 Å². The zero-order valence-electron chi connectivity index (χ0n) is 13.3. The fourth-order valence-electron chi connectivity index (χ4n) is 3.11. The molecule has 20 heavy (non-hydrogen) atoms. The monoisotopic (exact) mass is 283 g/mol. The number of nitrogens with one attached hydrogen (secondary N) is 2. The van der Waals surface area contributed by atoms with E-state index in [2.05, 4.69) is 29.4 Å². The summed E-state index contributed by atoms with van der Waals surface area (Å²) in [4.78, 5) is 14.7. The van der Waals surface area contributed by atoms with Crippen LogP contribution in [0.3, 0.4) is 0 Å². The maximum absolute atomic E-state index is 12.2. The molecular formula is C15H29N3O2. The molecule has 0 aromatic heterocycles. The molecule has 0 aliphatic carbocycles. The van der Waals surface area contributed by atoms with Crippen LogP contribution >= 0.6 is 0 Å². The molecule has 0 spiro atoms. The molecule has 2 aliphatic heterocycles. The lowest BCUT2D eigenvalue weighted by atomic mass is 9.93. The van der Waals surface area contributed by atoms with Gasteiger partial charge < -0.3 is 20.3 Å². The van der Waals surface area contributed by atoms with E-state index in [9.17, 15) is 4.79 Å². The Balaban J connectivity index is 1.73. The molecule has 1 atom stereocenters. The Hall–Kier alpha value is -0.650. The van der Waals surface area contributed by atoms with Gasteiger partial charge in [0, 0.05) is 26.2 Å². The molecular weight excluding hydrogens is 254 g/mol. The first-order valence-electron chi connectivity index (χ1n) is 7.68. The Morgan fingerprint density at radius 3 is 2.75 bits per heavy atom. The molecule has 0 bridgehead atoms. The summed E-state index contributed by atoms with van der Waals surface area (Å²) in [5, 5.41) is 6.29. The Labute approximate surface area is 122 Å². The van der Waals surface area contributed by atoms with Crippen molar-refractivity contribution >= 4 is 5.91 Å². The number of carbonyl (C=O) groups is 1. The Morgan fingerprint density at radius 1 is 1.40 bits per heavy atom. The van der Waals surface area contributed by atoms with Crippen LogP contribution in [0.4, 0.5) is 0 Å². The van der Waals surface area contributed by atoms with E-state index in [4.69, 9.17) is 4.74 Å². The largest absolute Gasteiger partial charge is 0.372 e. The summed E-state index contributed by atoms with van der Waals surface area (Å²) in [5.41, 5.74) is -0.0112. The van der Waals surface area contributed by atoms with Crippen LogP contribution in [0.2, 0.25) is 0 Å². The van der Waals surface area contributed by atoms with Gasteiger partial charge in [0.2, 0.25) is 5.91 Å². The lowest BCUT2D eigenvalue weighted by Gasteiger charge is -2.38. The first-order chi connectivity index (χ1) is 9.30. The van der Waals surface area contributed by atoms with Gasteiger partial charge in [0.1, 0.15) is 6.04 Å². The van der Waals surface area contributed by atoms with Crippen LogP contribution in [0.1, 0.15) is 34.1 Å². The number of amides is 1. The van der Waals surface area contributed by atoms with E-state index in [1.54, 1.807) is 0 Å². The molecule has 2 fully saturated rings. The number of hydrogen-bond donors (Lipinski definition) is 2. The zero-order chi connectivity index (χ0) is 14.8. The van der Waals surface area contributed by atoms with Crippen LogP contribution in [0, 0.1) is 5.41 Å². The van der Waals surface area contributed by atoms with E-state index in [0.717, 1.165) is 26.2 Å². The second-order valence-corrected chi connectivity index (χ2v) is 7.32. The summed E-state index contributed by atoms with van der Waals surface area (Å²) in [6, 6.07) is -0.258. The van der Waals surface area contributed by atoms with Crippen molar-refractivity contribution in [3.8, 4) is 0 Å². The molecule has 1 unspecified atom stereocenters. The molecule has 2 rings (SSSR count). The number of ether oxygens (including phenoxy) is 1. The van der Waals surface area contributed by atoms with Crippen molar-refractivity contribution in [2.24, 2.45) is 5.41 Å². The van der Waals surface area contributed by atoms with Crippen LogP contribution in [0.15, 0.2) is 0 Å². The van der Waals surface area contributed by atoms with Crippen molar-refractivity contribution in [2.75, 3.05) is 39.3 Å². The SMILES string of the molecule is CC1(C)CCN(CCNC(=O)C2NCCOC2(C)C)C1. The summed E-state index contributed by atoms with van der Waals surface area (Å²) in [5.74, 6) is 0.0492. The van der Waals surface area contributed by atoms with Crippen molar-refractivity contribution in [1.82, 2.24) is 15.5 Å². The standard InChI is InChI=1S/C15H29N3O2/c1-14(2)5-8-18(11-14)9-6-17-13(19)12-15(3,4)20-10-7-16-12/h12,16H,5-11H2,1-4H3,(H,17,19). The third-order valence-corrected chi connectivity index (χ3v) is 4.37. The number of likely N-dealkylation sites (tertiary alicyclic amines) is 1. The first-order valence-corrected chi connectivity index (χ1v) is 7.68. The molecule has 0 radical (unpaired) electrons. The van der Waals surface area contributed by atoms with Gasteiger partial charge in [0.15, 0.2) is 0 Å². The molecule has 1 amide bonds. The Kier molecular flexibility index (Phi) is 4.72. The van der Waals surface area contributed by atoms with E-state index in [1.165, 1.54) is 6.42 Å². The quantitative estimate of drug-likeness (QED) is 0.793. The zero-order valence-corrected chi connectivity index (χ0v) is 13.3. The van der Waals surface area contributed by atoms with Crippen LogP contribution in [-0.2, 0) is 9.53 Å². The minimum absolute atomic E-state index is 0.0492. The predicted octanol–water partition coefficient (Wildman–Crippen LogP) is 0.602. The van der Waals surface area contributed by atoms with Crippen LogP contribution < -0.4 is 10.6 Å². The van der Waals surface area contributed by atoms with Gasteiger partial charge in [-0.05, 0) is 32.2 Å². The summed E-state index contributed by atoms with van der Waals surface area (Å²) < 4.78 is 5.67. The number of nitrogens with zero attached hydrogens (tertiary/aromatic N) is 1. The van der Waals surface area contributed by atoms with Gasteiger partial charge in [-0.25, -0.2) is 0 Å². The van der Waals surface area contributed by atoms with Gasteiger partial charge in [-0.2, -0.15) is 0 Å². The molecule has 5 heteroatoms. The van der Waals surface area contributed by atoms with Crippen molar-refractivity contribution in [3.05, 3.63) is 0 Å². The minimum Gasteiger partial charge on any atom is -0.372 e. The summed E-state index contributed by atoms with van der Waals surface area (Å²) in [7, 11) is 0. The maximum Gasteiger partial charge on any atom is 0.240 e. The smallest absolute Gasteiger partial charge is 0.240 e. The van der Waals surface area contributed by atoms with Gasteiger partial charge in [0.25, 0.3) is 0 Å². The Morgan fingerprint density at radius 2 is 2.15 bits per heavy atom. The molecule has 2 saturated heterocycles. The normalized spacial score (nSPS) is 29.3. The highest BCUT2D eigenvalue weighted by molar-refractivity contribution is 5.83. The van der Waals surface area contributed by atoms with E-state index in [-0.39, 0.29) is 11.9 Å². The molecule has 0 saturated carbocycles. The van der Waals surface area contributed by atoms with Crippen molar-refractivity contribution in [1.29, 1.82) is 0 Å². The number of carbonyl (C=O) groups excluding carboxylic acids is 1. The molecule has 2 aliphatic rings. The minimum atomic E-state index is -0.433. The fourth-order valence-corrected chi connectivity index (χ4v) is 3.11. The number of rotatable bonds is 4. The third-order valence-electron chi connectivity index (χ3n) is 4.37. The lowest BCUT2D eigenvalue weighted by molar-refractivity contribution is -0.137. The highest BCUT2D eigenvalue weighted by Gasteiger charge is 2.38. The fraction of sp³-hybridized carbons (Fsp3) is 0.933. The highest BCUT2D eigenvalue weighted by Crippen LogP contribution is 2.28. The first kappa shape index (κ1) is 15.7. The summed E-state index contributed by atoms with van der Waals surface area (Å²) in [6.07, 6.45) is 1.24. The highest BCUT2D eigenvalue weighted by atomic mass is 16.5. The average Bonchev–Trinajstić information content (AvgIpc) is 2.68. The molecule has 2 N–H and O–H groups in total. The molecule has 5 nitrogen and oxygen atoms in total. The van der Waals surface area contributed by atoms with Gasteiger partial charge in [-0.3, -0.25) is 4.79 Å². The van der Waals surface area contributed by atoms with Crippen molar-refractivity contribution in [2.45, 2.75) is 45.8 Å². The second kappa shape index (κ2) is 6.00. The van der Waals surface area contributed by atoms with Gasteiger partial charge in [-0.1, -0.05) is 13.8 Å². The number of hydrogen-bond acceptors (Lipinski definition) is 4. The van der Waals surface area contributed by atoms with Crippen LogP contribution in [0.5, 0.6) is 0 Å². The average molecular weight is 283 g/mol. The third kappa shape index (κ3) is 3.93. The Bertz CT molecular complexity index is 355. The molecule has 2 heterocycles. The van der Waals surface area contributed by atoms with Crippen LogP contribution in [-0.4, -0.2) is 61.8 Å². The lowest BCUT2D eigenvalue weighted by Crippen LogP contribution is -2.61. The number of morpholine rings is 1.